The van der Waals surface area contributed by atoms with E-state index in [0.717, 1.165) is 35.2 Å². The van der Waals surface area contributed by atoms with Gasteiger partial charge in [0, 0.05) is 29.7 Å². The molecule has 7 heteroatoms. The number of hydrogen-bond acceptors (Lipinski definition) is 6. The van der Waals surface area contributed by atoms with Crippen LogP contribution >= 0.6 is 0 Å². The van der Waals surface area contributed by atoms with Gasteiger partial charge in [0.25, 0.3) is 5.91 Å². The molecule has 0 radical (unpaired) electrons. The highest BCUT2D eigenvalue weighted by Gasteiger charge is 2.46. The number of aliphatic hydroxyl groups is 1. The predicted molar refractivity (Wildman–Crippen MR) is 123 cm³/mol. The average Bonchev–Trinajstić information content (AvgIpc) is 3.60. The number of aryl methyl sites for hydroxylation is 2. The Bertz CT molecular complexity index is 1210. The molecule has 0 bridgehead atoms. The number of amides is 1. The maximum Gasteiger partial charge on any atom is 0.255 e. The molecule has 2 aromatic heterocycles. The summed E-state index contributed by atoms with van der Waals surface area (Å²) in [5, 5.41) is 24.5. The SMILES string of the molecule is Cc1cc(-c2cc(NC(=O)c3ccnc(C4(C#N)CC4)c3)ccc2C)cc(NCCO)n1. The van der Waals surface area contributed by atoms with Crippen molar-refractivity contribution >= 4 is 17.4 Å². The molecule has 1 aromatic carbocycles. The fourth-order valence-electron chi connectivity index (χ4n) is 3.70. The van der Waals surface area contributed by atoms with Gasteiger partial charge in [-0.3, -0.25) is 9.78 Å². The van der Waals surface area contributed by atoms with Crippen LogP contribution in [0.2, 0.25) is 0 Å². The molecule has 1 amide bonds. The number of nitrogens with one attached hydrogen (secondary N) is 2. The van der Waals surface area contributed by atoms with Crippen LogP contribution in [0.25, 0.3) is 11.1 Å². The first-order valence-corrected chi connectivity index (χ1v) is 10.6. The van der Waals surface area contributed by atoms with E-state index in [1.54, 1.807) is 18.3 Å². The highest BCUT2D eigenvalue weighted by Crippen LogP contribution is 2.46. The second-order valence-corrected chi connectivity index (χ2v) is 8.14. The molecular weight excluding hydrogens is 402 g/mol. The quantitative estimate of drug-likeness (QED) is 0.526. The molecule has 1 aliphatic rings. The lowest BCUT2D eigenvalue weighted by atomic mass is 9.99. The van der Waals surface area contributed by atoms with E-state index in [0.29, 0.717) is 29.3 Å². The Labute approximate surface area is 187 Å². The third-order valence-electron chi connectivity index (χ3n) is 5.65. The third kappa shape index (κ3) is 4.46. The van der Waals surface area contributed by atoms with Gasteiger partial charge in [0.15, 0.2) is 0 Å². The summed E-state index contributed by atoms with van der Waals surface area (Å²) >= 11 is 0. The van der Waals surface area contributed by atoms with Crippen molar-refractivity contribution in [3.63, 3.8) is 0 Å². The molecule has 0 unspecified atom stereocenters. The van der Waals surface area contributed by atoms with Crippen LogP contribution < -0.4 is 10.6 Å². The van der Waals surface area contributed by atoms with Crippen LogP contribution in [0, 0.1) is 25.2 Å². The zero-order chi connectivity index (χ0) is 22.7. The first-order chi connectivity index (χ1) is 15.4. The third-order valence-corrected chi connectivity index (χ3v) is 5.65. The van der Waals surface area contributed by atoms with Crippen molar-refractivity contribution in [2.24, 2.45) is 0 Å². The number of carbonyl (C=O) groups excluding carboxylic acids is 1. The zero-order valence-corrected chi connectivity index (χ0v) is 18.1. The van der Waals surface area contributed by atoms with Gasteiger partial charge < -0.3 is 15.7 Å². The van der Waals surface area contributed by atoms with Crippen molar-refractivity contribution in [2.45, 2.75) is 32.1 Å². The maximum absolute atomic E-state index is 12.9. The molecule has 7 nitrogen and oxygen atoms in total. The van der Waals surface area contributed by atoms with Crippen LogP contribution in [-0.2, 0) is 5.41 Å². The smallest absolute Gasteiger partial charge is 0.255 e. The molecule has 32 heavy (non-hydrogen) atoms. The Morgan fingerprint density at radius 3 is 2.72 bits per heavy atom. The number of rotatable bonds is 7. The van der Waals surface area contributed by atoms with Gasteiger partial charge in [0.1, 0.15) is 5.82 Å². The van der Waals surface area contributed by atoms with Crippen LogP contribution in [-0.4, -0.2) is 34.1 Å². The summed E-state index contributed by atoms with van der Waals surface area (Å²) in [5.41, 5.74) is 5.16. The van der Waals surface area contributed by atoms with Gasteiger partial charge in [0.2, 0.25) is 0 Å². The van der Waals surface area contributed by atoms with Gasteiger partial charge in [0.05, 0.1) is 23.8 Å². The van der Waals surface area contributed by atoms with Gasteiger partial charge in [-0.15, -0.1) is 0 Å². The van der Waals surface area contributed by atoms with Crippen LogP contribution in [0.5, 0.6) is 0 Å². The number of nitrogens with zero attached hydrogens (tertiary/aromatic N) is 3. The van der Waals surface area contributed by atoms with E-state index in [1.165, 1.54) is 0 Å². The highest BCUT2D eigenvalue weighted by molar-refractivity contribution is 6.04. The number of pyridine rings is 2. The zero-order valence-electron chi connectivity index (χ0n) is 18.1. The molecule has 2 heterocycles. The Hall–Kier alpha value is -3.76. The topological polar surface area (TPSA) is 111 Å². The summed E-state index contributed by atoms with van der Waals surface area (Å²) < 4.78 is 0. The van der Waals surface area contributed by atoms with Crippen molar-refractivity contribution in [3.05, 3.63) is 71.2 Å². The first-order valence-electron chi connectivity index (χ1n) is 10.6. The largest absolute Gasteiger partial charge is 0.395 e. The van der Waals surface area contributed by atoms with E-state index in [4.69, 9.17) is 5.11 Å². The van der Waals surface area contributed by atoms with Crippen molar-refractivity contribution in [3.8, 4) is 17.2 Å². The molecule has 162 valence electrons. The Morgan fingerprint density at radius 1 is 1.19 bits per heavy atom. The average molecular weight is 428 g/mol. The first kappa shape index (κ1) is 21.5. The fourth-order valence-corrected chi connectivity index (χ4v) is 3.70. The summed E-state index contributed by atoms with van der Waals surface area (Å²) in [6.45, 7) is 4.39. The molecule has 3 aromatic rings. The van der Waals surface area contributed by atoms with E-state index >= 15 is 0 Å². The number of hydrogen-bond donors (Lipinski definition) is 3. The lowest BCUT2D eigenvalue weighted by molar-refractivity contribution is 0.102. The van der Waals surface area contributed by atoms with Crippen LogP contribution in [0.1, 0.15) is 40.2 Å². The second kappa shape index (κ2) is 8.77. The van der Waals surface area contributed by atoms with Crippen molar-refractivity contribution in [2.75, 3.05) is 23.8 Å². The minimum absolute atomic E-state index is 0.0255. The molecule has 0 saturated heterocycles. The molecule has 0 aliphatic heterocycles. The molecule has 0 atom stereocenters. The van der Waals surface area contributed by atoms with Crippen LogP contribution in [0.15, 0.2) is 48.7 Å². The lowest BCUT2D eigenvalue weighted by Gasteiger charge is -2.13. The van der Waals surface area contributed by atoms with Crippen molar-refractivity contribution in [1.82, 2.24) is 9.97 Å². The van der Waals surface area contributed by atoms with E-state index < -0.39 is 5.41 Å². The summed E-state index contributed by atoms with van der Waals surface area (Å²) in [6, 6.07) is 15.4. The number of carbonyl (C=O) groups is 1. The van der Waals surface area contributed by atoms with E-state index in [2.05, 4.69) is 26.7 Å². The number of aromatic nitrogens is 2. The van der Waals surface area contributed by atoms with Gasteiger partial charge in [-0.2, -0.15) is 5.26 Å². The van der Waals surface area contributed by atoms with Gasteiger partial charge in [-0.1, -0.05) is 6.07 Å². The summed E-state index contributed by atoms with van der Waals surface area (Å²) in [5.74, 6) is 0.451. The Kier molecular flexibility index (Phi) is 5.89. The molecule has 3 N–H and O–H groups in total. The number of aliphatic hydroxyl groups excluding tert-OH is 1. The summed E-state index contributed by atoms with van der Waals surface area (Å²) in [6.07, 6.45) is 3.15. The Balaban J connectivity index is 1.59. The normalized spacial score (nSPS) is 13.8. The summed E-state index contributed by atoms with van der Waals surface area (Å²) in [7, 11) is 0. The van der Waals surface area contributed by atoms with E-state index in [1.807, 2.05) is 44.2 Å². The minimum atomic E-state index is -0.533. The van der Waals surface area contributed by atoms with Gasteiger partial charge >= 0.3 is 0 Å². The molecule has 0 spiro atoms. The predicted octanol–water partition coefficient (Wildman–Crippen LogP) is 3.97. The maximum atomic E-state index is 12.9. The fraction of sp³-hybridized carbons (Fsp3) is 0.280. The number of benzene rings is 1. The molecular formula is C25H25N5O2. The standard InChI is InChI=1S/C25H25N5O2/c1-16-3-4-20(14-21(16)19-11-17(2)29-23(13-19)28-9-10-31)30-24(32)18-5-8-27-22(12-18)25(15-26)6-7-25/h3-5,8,11-14,31H,6-7,9-10H2,1-2H3,(H,28,29)(H,30,32). The Morgan fingerprint density at radius 2 is 2.00 bits per heavy atom. The summed E-state index contributed by atoms with van der Waals surface area (Å²) in [4.78, 5) is 21.7. The number of nitriles is 1. The molecule has 4 rings (SSSR count). The van der Waals surface area contributed by atoms with Crippen molar-refractivity contribution < 1.29 is 9.90 Å². The minimum Gasteiger partial charge on any atom is -0.395 e. The van der Waals surface area contributed by atoms with E-state index in [9.17, 15) is 10.1 Å². The highest BCUT2D eigenvalue weighted by atomic mass is 16.3. The van der Waals surface area contributed by atoms with E-state index in [-0.39, 0.29) is 12.5 Å². The van der Waals surface area contributed by atoms with Crippen LogP contribution in [0.4, 0.5) is 11.5 Å². The number of anilines is 2. The second-order valence-electron chi connectivity index (χ2n) is 8.14. The van der Waals surface area contributed by atoms with Gasteiger partial charge in [-0.25, -0.2) is 4.98 Å². The van der Waals surface area contributed by atoms with Gasteiger partial charge in [-0.05, 0) is 79.8 Å². The van der Waals surface area contributed by atoms with Crippen molar-refractivity contribution in [1.29, 1.82) is 5.26 Å². The molecule has 1 fully saturated rings. The molecule has 1 aliphatic carbocycles. The van der Waals surface area contributed by atoms with Crippen LogP contribution in [0.3, 0.4) is 0 Å². The monoisotopic (exact) mass is 427 g/mol. The lowest BCUT2D eigenvalue weighted by Crippen LogP contribution is -2.14. The molecule has 1 saturated carbocycles.